The zero-order chi connectivity index (χ0) is 21.0. The van der Waals surface area contributed by atoms with Crippen molar-refractivity contribution in [1.82, 2.24) is 9.80 Å². The van der Waals surface area contributed by atoms with E-state index in [0.29, 0.717) is 19.5 Å². The van der Waals surface area contributed by atoms with Crippen LogP contribution in [-0.4, -0.2) is 60.1 Å². The molecule has 30 heavy (non-hydrogen) atoms. The Morgan fingerprint density at radius 2 is 1.67 bits per heavy atom. The number of hydrogen-bond acceptors (Lipinski definition) is 4. The average Bonchev–Trinajstić information content (AvgIpc) is 3.00. The van der Waals surface area contributed by atoms with E-state index >= 15 is 0 Å². The molecule has 0 saturated carbocycles. The number of hydrogen-bond donors (Lipinski definition) is 1. The Kier molecular flexibility index (Phi) is 9.00. The number of amides is 2. The van der Waals surface area contributed by atoms with E-state index in [2.05, 4.69) is 33.8 Å². The van der Waals surface area contributed by atoms with E-state index in [1.165, 1.54) is 5.56 Å². The number of carbonyl (C=O) groups is 2. The van der Waals surface area contributed by atoms with Gasteiger partial charge in [-0.3, -0.25) is 14.5 Å². The molecule has 0 bridgehead atoms. The fraction of sp³-hybridized carbons (Fsp3) is 0.333. The van der Waals surface area contributed by atoms with Crippen LogP contribution in [0.3, 0.4) is 0 Å². The first-order chi connectivity index (χ1) is 14.7. The maximum atomic E-state index is 12.5. The Hall–Kier alpha value is -2.57. The number of thioether (sulfide) groups is 1. The van der Waals surface area contributed by atoms with Gasteiger partial charge in [0.05, 0.1) is 6.54 Å². The number of nitrogens with one attached hydrogen (secondary N) is 1. The lowest BCUT2D eigenvalue weighted by Crippen LogP contribution is -2.38. The van der Waals surface area contributed by atoms with E-state index in [1.54, 1.807) is 11.8 Å². The fourth-order valence-electron chi connectivity index (χ4n) is 3.37. The fourth-order valence-corrected chi connectivity index (χ4v) is 4.05. The van der Waals surface area contributed by atoms with Gasteiger partial charge in [0.1, 0.15) is 0 Å². The zero-order valence-electron chi connectivity index (χ0n) is 17.2. The number of carbonyl (C=O) groups excluding carboxylic acids is 2. The topological polar surface area (TPSA) is 52.7 Å². The Labute approximate surface area is 183 Å². The Morgan fingerprint density at radius 3 is 2.43 bits per heavy atom. The second-order valence-electron chi connectivity index (χ2n) is 7.26. The van der Waals surface area contributed by atoms with Crippen LogP contribution in [0.15, 0.2) is 66.1 Å². The quantitative estimate of drug-likeness (QED) is 0.653. The summed E-state index contributed by atoms with van der Waals surface area (Å²) in [6.07, 6.45) is 3.50. The molecule has 1 N–H and O–H groups in total. The maximum Gasteiger partial charge on any atom is 0.238 e. The van der Waals surface area contributed by atoms with Gasteiger partial charge in [-0.2, -0.15) is 0 Å². The van der Waals surface area contributed by atoms with Gasteiger partial charge < -0.3 is 10.2 Å². The van der Waals surface area contributed by atoms with Crippen LogP contribution in [0.5, 0.6) is 0 Å². The molecule has 0 unspecified atom stereocenters. The van der Waals surface area contributed by atoms with Crippen molar-refractivity contribution >= 4 is 35.3 Å². The minimum atomic E-state index is -0.0115. The summed E-state index contributed by atoms with van der Waals surface area (Å²) in [6, 6.07) is 19.7. The number of rotatable bonds is 8. The maximum absolute atomic E-state index is 12.5. The summed E-state index contributed by atoms with van der Waals surface area (Å²) in [5.41, 5.74) is 1.98. The van der Waals surface area contributed by atoms with Gasteiger partial charge in [0.15, 0.2) is 0 Å². The number of benzene rings is 2. The molecule has 1 aliphatic heterocycles. The van der Waals surface area contributed by atoms with Crippen LogP contribution in [0.2, 0.25) is 0 Å². The molecule has 1 aliphatic rings. The van der Waals surface area contributed by atoms with Gasteiger partial charge in [-0.15, -0.1) is 11.8 Å². The molecule has 6 heteroatoms. The lowest BCUT2D eigenvalue weighted by molar-refractivity contribution is -0.130. The van der Waals surface area contributed by atoms with Crippen molar-refractivity contribution in [2.24, 2.45) is 0 Å². The van der Waals surface area contributed by atoms with Crippen molar-refractivity contribution in [3.05, 3.63) is 71.6 Å². The third-order valence-corrected chi connectivity index (χ3v) is 5.72. The highest BCUT2D eigenvalue weighted by molar-refractivity contribution is 8.02. The van der Waals surface area contributed by atoms with Crippen molar-refractivity contribution < 1.29 is 9.59 Å². The van der Waals surface area contributed by atoms with Crippen LogP contribution in [0.25, 0.3) is 6.08 Å². The number of para-hydroxylation sites is 1. The molecule has 0 aromatic heterocycles. The van der Waals surface area contributed by atoms with E-state index in [-0.39, 0.29) is 11.8 Å². The molecule has 2 aromatic carbocycles. The van der Waals surface area contributed by atoms with Crippen molar-refractivity contribution in [1.29, 1.82) is 0 Å². The van der Waals surface area contributed by atoms with Crippen LogP contribution in [-0.2, 0) is 9.59 Å². The lowest BCUT2D eigenvalue weighted by atomic mass is 10.2. The minimum absolute atomic E-state index is 0.0115. The van der Waals surface area contributed by atoms with E-state index in [0.717, 1.165) is 37.5 Å². The largest absolute Gasteiger partial charge is 0.341 e. The van der Waals surface area contributed by atoms with Gasteiger partial charge in [-0.1, -0.05) is 48.5 Å². The van der Waals surface area contributed by atoms with Crippen LogP contribution in [0.4, 0.5) is 5.69 Å². The summed E-state index contributed by atoms with van der Waals surface area (Å²) in [5.74, 6) is 0.968. The van der Waals surface area contributed by atoms with Gasteiger partial charge in [0, 0.05) is 44.0 Å². The molecule has 1 heterocycles. The minimum Gasteiger partial charge on any atom is -0.341 e. The third kappa shape index (κ3) is 7.69. The smallest absolute Gasteiger partial charge is 0.238 e. The number of nitrogens with zero attached hydrogens (tertiary/aromatic N) is 2. The van der Waals surface area contributed by atoms with Crippen LogP contribution in [0.1, 0.15) is 18.4 Å². The first kappa shape index (κ1) is 22.1. The second-order valence-corrected chi connectivity index (χ2v) is 8.27. The molecule has 3 rings (SSSR count). The van der Waals surface area contributed by atoms with Gasteiger partial charge in [-0.05, 0) is 35.6 Å². The summed E-state index contributed by atoms with van der Waals surface area (Å²) in [6.45, 7) is 3.37. The van der Waals surface area contributed by atoms with E-state index < -0.39 is 0 Å². The summed E-state index contributed by atoms with van der Waals surface area (Å²) >= 11 is 1.66. The molecular weight excluding hydrogens is 394 g/mol. The van der Waals surface area contributed by atoms with E-state index in [4.69, 9.17) is 0 Å². The van der Waals surface area contributed by atoms with Gasteiger partial charge in [-0.25, -0.2) is 0 Å². The second kappa shape index (κ2) is 12.2. The van der Waals surface area contributed by atoms with Gasteiger partial charge in [0.2, 0.25) is 11.8 Å². The summed E-state index contributed by atoms with van der Waals surface area (Å²) in [7, 11) is 0. The first-order valence-electron chi connectivity index (χ1n) is 10.4. The molecule has 0 aliphatic carbocycles. The highest BCUT2D eigenvalue weighted by atomic mass is 32.2. The standard InChI is InChI=1S/C24H29N3O2S/c28-23(25-22-10-5-2-6-11-22)20-26-14-7-15-27(17-16-26)24(29)13-19-30-18-12-21-8-3-1-4-9-21/h1-6,8-12,18H,7,13-17,19-20H2,(H,25,28). The van der Waals surface area contributed by atoms with Gasteiger partial charge in [0.25, 0.3) is 0 Å². The monoisotopic (exact) mass is 423 g/mol. The summed E-state index contributed by atoms with van der Waals surface area (Å²) in [5, 5.41) is 4.98. The Morgan fingerprint density at radius 1 is 0.933 bits per heavy atom. The Bertz CT molecular complexity index is 827. The normalized spacial score (nSPS) is 15.1. The molecule has 0 atom stereocenters. The van der Waals surface area contributed by atoms with Crippen molar-refractivity contribution in [2.75, 3.05) is 43.8 Å². The van der Waals surface area contributed by atoms with Crippen molar-refractivity contribution in [3.8, 4) is 0 Å². The van der Waals surface area contributed by atoms with Crippen LogP contribution >= 0.6 is 11.8 Å². The summed E-state index contributed by atoms with van der Waals surface area (Å²) in [4.78, 5) is 28.9. The molecule has 5 nitrogen and oxygen atoms in total. The molecule has 1 saturated heterocycles. The highest BCUT2D eigenvalue weighted by Crippen LogP contribution is 2.12. The van der Waals surface area contributed by atoms with E-state index in [1.807, 2.05) is 53.4 Å². The molecule has 0 radical (unpaired) electrons. The van der Waals surface area contributed by atoms with Crippen molar-refractivity contribution in [2.45, 2.75) is 12.8 Å². The summed E-state index contributed by atoms with van der Waals surface area (Å²) < 4.78 is 0. The predicted octanol–water partition coefficient (Wildman–Crippen LogP) is 3.95. The third-order valence-electron chi connectivity index (χ3n) is 4.96. The molecule has 1 fully saturated rings. The van der Waals surface area contributed by atoms with Crippen molar-refractivity contribution in [3.63, 3.8) is 0 Å². The molecule has 158 valence electrons. The van der Waals surface area contributed by atoms with Crippen LogP contribution < -0.4 is 5.32 Å². The van der Waals surface area contributed by atoms with Crippen LogP contribution in [0, 0.1) is 0 Å². The number of anilines is 1. The molecule has 0 spiro atoms. The SMILES string of the molecule is O=C(CN1CCCN(C(=O)CCSC=Cc2ccccc2)CC1)Nc1ccccc1. The zero-order valence-corrected chi connectivity index (χ0v) is 18.0. The Balaban J connectivity index is 1.35. The predicted molar refractivity (Wildman–Crippen MR) is 125 cm³/mol. The lowest BCUT2D eigenvalue weighted by Gasteiger charge is -2.21. The first-order valence-corrected chi connectivity index (χ1v) is 11.4. The molecule has 2 aromatic rings. The molecular formula is C24H29N3O2S. The average molecular weight is 424 g/mol. The highest BCUT2D eigenvalue weighted by Gasteiger charge is 2.20. The molecule has 2 amide bonds. The van der Waals surface area contributed by atoms with Gasteiger partial charge >= 0.3 is 0 Å². The van der Waals surface area contributed by atoms with E-state index in [9.17, 15) is 9.59 Å².